The third-order valence-electron chi connectivity index (χ3n) is 2.81. The molecule has 112 valence electrons. The number of Topliss-reactive ketones (excluding diaryl/α,β-unsaturated/α-hetero) is 1. The highest BCUT2D eigenvalue weighted by atomic mass is 32.2. The minimum absolute atomic E-state index is 0.00692. The summed E-state index contributed by atoms with van der Waals surface area (Å²) in [6.07, 6.45) is 0.313. The first-order valence-electron chi connectivity index (χ1n) is 6.22. The largest absolute Gasteiger partial charge is 0.315 e. The topological polar surface area (TPSA) is 96.1 Å². The number of hydrogen-bond acceptors (Lipinski definition) is 5. The summed E-state index contributed by atoms with van der Waals surface area (Å²) in [4.78, 5) is 24.9. The zero-order valence-electron chi connectivity index (χ0n) is 11.3. The number of rotatable bonds is 6. The van der Waals surface area contributed by atoms with Gasteiger partial charge >= 0.3 is 4.87 Å². The number of ketones is 1. The van der Waals surface area contributed by atoms with Crippen molar-refractivity contribution in [3.05, 3.63) is 50.6 Å². The molecule has 2 aromatic rings. The Kier molecular flexibility index (Phi) is 4.71. The highest BCUT2D eigenvalue weighted by Crippen LogP contribution is 2.13. The Hall–Kier alpha value is -1.77. The van der Waals surface area contributed by atoms with E-state index < -0.39 is 10.0 Å². The Morgan fingerprint density at radius 3 is 2.76 bits per heavy atom. The second-order valence-electron chi connectivity index (χ2n) is 4.30. The van der Waals surface area contributed by atoms with E-state index in [4.69, 9.17) is 0 Å². The van der Waals surface area contributed by atoms with Crippen molar-refractivity contribution in [2.24, 2.45) is 0 Å². The van der Waals surface area contributed by atoms with Crippen molar-refractivity contribution in [2.45, 2.75) is 24.8 Å². The molecule has 21 heavy (non-hydrogen) atoms. The predicted octanol–water partition coefficient (Wildman–Crippen LogP) is 1.51. The van der Waals surface area contributed by atoms with Crippen LogP contribution < -0.4 is 9.60 Å². The fourth-order valence-electron chi connectivity index (χ4n) is 1.70. The summed E-state index contributed by atoms with van der Waals surface area (Å²) < 4.78 is 26.7. The molecule has 0 fully saturated rings. The average molecular weight is 326 g/mol. The molecular formula is C13H14N2O4S2. The van der Waals surface area contributed by atoms with Crippen LogP contribution in [0.1, 0.15) is 29.4 Å². The fraction of sp³-hybridized carbons (Fsp3) is 0.231. The summed E-state index contributed by atoms with van der Waals surface area (Å²) >= 11 is 0.970. The maximum Gasteiger partial charge on any atom is 0.304 e. The molecule has 0 saturated carbocycles. The van der Waals surface area contributed by atoms with Gasteiger partial charge in [0.05, 0.1) is 11.4 Å². The SMILES string of the molecule is CCC(=O)c1cccc(S(=O)(=O)NCc2csc(=O)[nH]2)c1. The van der Waals surface area contributed by atoms with E-state index >= 15 is 0 Å². The maximum absolute atomic E-state index is 12.2. The zero-order chi connectivity index (χ0) is 15.5. The van der Waals surface area contributed by atoms with Gasteiger partial charge < -0.3 is 4.98 Å². The number of carbonyl (C=O) groups excluding carboxylic acids is 1. The normalized spacial score (nSPS) is 11.5. The monoisotopic (exact) mass is 326 g/mol. The van der Waals surface area contributed by atoms with Gasteiger partial charge in [-0.3, -0.25) is 9.59 Å². The Balaban J connectivity index is 2.19. The molecule has 0 bridgehead atoms. The second kappa shape index (κ2) is 6.33. The summed E-state index contributed by atoms with van der Waals surface area (Å²) in [6.45, 7) is 1.71. The van der Waals surface area contributed by atoms with Crippen molar-refractivity contribution >= 4 is 27.1 Å². The van der Waals surface area contributed by atoms with Crippen LogP contribution in [0, 0.1) is 0 Å². The minimum atomic E-state index is -3.73. The van der Waals surface area contributed by atoms with Crippen LogP contribution in [-0.2, 0) is 16.6 Å². The molecule has 0 amide bonds. The highest BCUT2D eigenvalue weighted by molar-refractivity contribution is 7.89. The van der Waals surface area contributed by atoms with Crippen LogP contribution in [0.4, 0.5) is 0 Å². The summed E-state index contributed by atoms with van der Waals surface area (Å²) in [5.41, 5.74) is 0.860. The number of aromatic nitrogens is 1. The van der Waals surface area contributed by atoms with Crippen LogP contribution in [-0.4, -0.2) is 19.2 Å². The standard InChI is InChI=1S/C13H14N2O4S2/c1-2-12(16)9-4-3-5-11(6-9)21(18,19)14-7-10-8-20-13(17)15-10/h3-6,8,14H,2,7H2,1H3,(H,15,17). The van der Waals surface area contributed by atoms with Crippen molar-refractivity contribution in [2.75, 3.05) is 0 Å². The Morgan fingerprint density at radius 2 is 2.14 bits per heavy atom. The van der Waals surface area contributed by atoms with Gasteiger partial charge in [0.2, 0.25) is 10.0 Å². The molecule has 8 heteroatoms. The number of benzene rings is 1. The highest BCUT2D eigenvalue weighted by Gasteiger charge is 2.16. The van der Waals surface area contributed by atoms with E-state index in [1.165, 1.54) is 18.2 Å². The lowest BCUT2D eigenvalue weighted by molar-refractivity contribution is 0.0988. The number of nitrogens with one attached hydrogen (secondary N) is 2. The van der Waals surface area contributed by atoms with Crippen molar-refractivity contribution in [3.8, 4) is 0 Å². The van der Waals surface area contributed by atoms with Crippen molar-refractivity contribution in [3.63, 3.8) is 0 Å². The van der Waals surface area contributed by atoms with Gasteiger partial charge in [-0.05, 0) is 12.1 Å². The van der Waals surface area contributed by atoms with Crippen molar-refractivity contribution < 1.29 is 13.2 Å². The van der Waals surface area contributed by atoms with Crippen molar-refractivity contribution in [1.82, 2.24) is 9.71 Å². The first kappa shape index (κ1) is 15.6. The molecule has 1 heterocycles. The lowest BCUT2D eigenvalue weighted by Gasteiger charge is -2.07. The zero-order valence-corrected chi connectivity index (χ0v) is 12.9. The molecular weight excluding hydrogens is 312 g/mol. The van der Waals surface area contributed by atoms with E-state index in [1.54, 1.807) is 18.4 Å². The molecule has 1 aromatic carbocycles. The van der Waals surface area contributed by atoms with Crippen LogP contribution in [0.2, 0.25) is 0 Å². The lowest BCUT2D eigenvalue weighted by Crippen LogP contribution is -2.24. The van der Waals surface area contributed by atoms with Gasteiger partial charge in [-0.2, -0.15) is 0 Å². The molecule has 0 aliphatic rings. The van der Waals surface area contributed by atoms with Crippen LogP contribution in [0.25, 0.3) is 0 Å². The first-order chi connectivity index (χ1) is 9.92. The fourth-order valence-corrected chi connectivity index (χ4v) is 3.33. The molecule has 0 aliphatic heterocycles. The van der Waals surface area contributed by atoms with E-state index in [0.717, 1.165) is 11.3 Å². The number of carbonyl (C=O) groups is 1. The number of H-pyrrole nitrogens is 1. The van der Waals surface area contributed by atoms with E-state index in [9.17, 15) is 18.0 Å². The van der Waals surface area contributed by atoms with Crippen LogP contribution in [0.3, 0.4) is 0 Å². The predicted molar refractivity (Wildman–Crippen MR) is 80.0 cm³/mol. The summed E-state index contributed by atoms with van der Waals surface area (Å²) in [5, 5.41) is 1.56. The molecule has 0 unspecified atom stereocenters. The molecule has 6 nitrogen and oxygen atoms in total. The maximum atomic E-state index is 12.2. The number of thiazole rings is 1. The second-order valence-corrected chi connectivity index (χ2v) is 6.91. The Morgan fingerprint density at radius 1 is 1.38 bits per heavy atom. The smallest absolute Gasteiger partial charge is 0.304 e. The van der Waals surface area contributed by atoms with Gasteiger partial charge in [0.1, 0.15) is 0 Å². The van der Waals surface area contributed by atoms with E-state index in [0.29, 0.717) is 17.7 Å². The van der Waals surface area contributed by atoms with Gasteiger partial charge in [-0.25, -0.2) is 13.1 Å². The van der Waals surface area contributed by atoms with E-state index in [-0.39, 0.29) is 22.1 Å². The third-order valence-corrected chi connectivity index (χ3v) is 4.93. The molecule has 1 aromatic heterocycles. The van der Waals surface area contributed by atoms with E-state index in [2.05, 4.69) is 9.71 Å². The summed E-state index contributed by atoms with van der Waals surface area (Å²) in [6, 6.07) is 5.89. The summed E-state index contributed by atoms with van der Waals surface area (Å²) in [7, 11) is -3.73. The van der Waals surface area contributed by atoms with Gasteiger partial charge in [-0.1, -0.05) is 30.4 Å². The summed E-state index contributed by atoms with van der Waals surface area (Å²) in [5.74, 6) is -0.116. The van der Waals surface area contributed by atoms with Crippen LogP contribution in [0.15, 0.2) is 39.3 Å². The van der Waals surface area contributed by atoms with Gasteiger partial charge in [0, 0.05) is 23.1 Å². The first-order valence-corrected chi connectivity index (χ1v) is 8.58. The molecule has 0 saturated heterocycles. The lowest BCUT2D eigenvalue weighted by atomic mass is 10.1. The van der Waals surface area contributed by atoms with Crippen molar-refractivity contribution in [1.29, 1.82) is 0 Å². The molecule has 2 rings (SSSR count). The van der Waals surface area contributed by atoms with Crippen LogP contribution in [0.5, 0.6) is 0 Å². The molecule has 0 aliphatic carbocycles. The van der Waals surface area contributed by atoms with Gasteiger partial charge in [-0.15, -0.1) is 0 Å². The molecule has 0 atom stereocenters. The minimum Gasteiger partial charge on any atom is -0.315 e. The molecule has 2 N–H and O–H groups in total. The number of aromatic amines is 1. The molecule has 0 spiro atoms. The molecule has 0 radical (unpaired) electrons. The van der Waals surface area contributed by atoms with Gasteiger partial charge in [0.15, 0.2) is 5.78 Å². The van der Waals surface area contributed by atoms with E-state index in [1.807, 2.05) is 0 Å². The number of hydrogen-bond donors (Lipinski definition) is 2. The average Bonchev–Trinajstić information content (AvgIpc) is 2.90. The quantitative estimate of drug-likeness (QED) is 0.786. The Labute approximate surface area is 125 Å². The van der Waals surface area contributed by atoms with Crippen LogP contribution >= 0.6 is 11.3 Å². The third kappa shape index (κ3) is 3.87. The van der Waals surface area contributed by atoms with Gasteiger partial charge in [0.25, 0.3) is 0 Å². The number of sulfonamides is 1. The Bertz CT molecular complexity index is 805.